The SMILES string of the molecule is Cc1ccc(Nc2ncc(C(=O)NCC(C)C)cn2)cc1Br. The van der Waals surface area contributed by atoms with E-state index in [1.165, 1.54) is 12.4 Å². The first-order valence-corrected chi connectivity index (χ1v) is 7.88. The average molecular weight is 363 g/mol. The average Bonchev–Trinajstić information content (AvgIpc) is 2.49. The van der Waals surface area contributed by atoms with Gasteiger partial charge in [-0.2, -0.15) is 0 Å². The molecular weight excluding hydrogens is 344 g/mol. The van der Waals surface area contributed by atoms with Crippen molar-refractivity contribution in [2.75, 3.05) is 11.9 Å². The second kappa shape index (κ2) is 7.35. The second-order valence-corrected chi connectivity index (χ2v) is 6.34. The highest BCUT2D eigenvalue weighted by molar-refractivity contribution is 9.10. The van der Waals surface area contributed by atoms with E-state index in [4.69, 9.17) is 0 Å². The first-order valence-electron chi connectivity index (χ1n) is 7.09. The van der Waals surface area contributed by atoms with E-state index < -0.39 is 0 Å². The van der Waals surface area contributed by atoms with E-state index in [0.717, 1.165) is 15.7 Å². The van der Waals surface area contributed by atoms with Gasteiger partial charge in [0.15, 0.2) is 0 Å². The van der Waals surface area contributed by atoms with Crippen LogP contribution in [0.5, 0.6) is 0 Å². The van der Waals surface area contributed by atoms with Crippen molar-refractivity contribution in [3.05, 3.63) is 46.2 Å². The van der Waals surface area contributed by atoms with Crippen LogP contribution in [0.3, 0.4) is 0 Å². The van der Waals surface area contributed by atoms with E-state index in [-0.39, 0.29) is 5.91 Å². The van der Waals surface area contributed by atoms with Crippen LogP contribution in [0.1, 0.15) is 29.8 Å². The molecule has 0 spiro atoms. The van der Waals surface area contributed by atoms with E-state index in [0.29, 0.717) is 24.0 Å². The molecule has 0 aliphatic heterocycles. The summed E-state index contributed by atoms with van der Waals surface area (Å²) in [7, 11) is 0. The third kappa shape index (κ3) is 4.53. The third-order valence-electron chi connectivity index (χ3n) is 3.01. The molecule has 2 aromatic rings. The molecule has 0 atom stereocenters. The number of hydrogen-bond acceptors (Lipinski definition) is 4. The van der Waals surface area contributed by atoms with Crippen molar-refractivity contribution in [1.82, 2.24) is 15.3 Å². The maximum Gasteiger partial charge on any atom is 0.254 e. The molecule has 1 amide bonds. The maximum absolute atomic E-state index is 11.9. The van der Waals surface area contributed by atoms with Crippen molar-refractivity contribution in [2.45, 2.75) is 20.8 Å². The van der Waals surface area contributed by atoms with Gasteiger partial charge in [0.05, 0.1) is 5.56 Å². The molecule has 0 fully saturated rings. The predicted molar refractivity (Wildman–Crippen MR) is 91.4 cm³/mol. The molecular formula is C16H19BrN4O. The lowest BCUT2D eigenvalue weighted by Crippen LogP contribution is -2.27. The second-order valence-electron chi connectivity index (χ2n) is 5.49. The summed E-state index contributed by atoms with van der Waals surface area (Å²) in [5.41, 5.74) is 2.49. The molecule has 1 aromatic heterocycles. The zero-order chi connectivity index (χ0) is 16.1. The minimum Gasteiger partial charge on any atom is -0.352 e. The number of hydrogen-bond donors (Lipinski definition) is 2. The number of benzene rings is 1. The Morgan fingerprint density at radius 1 is 1.27 bits per heavy atom. The monoisotopic (exact) mass is 362 g/mol. The summed E-state index contributed by atoms with van der Waals surface area (Å²) in [6.45, 7) is 6.75. The number of carbonyl (C=O) groups excluding carboxylic acids is 1. The molecule has 1 aromatic carbocycles. The van der Waals surface area contributed by atoms with Crippen LogP contribution in [0.25, 0.3) is 0 Å². The first-order chi connectivity index (χ1) is 10.5. The number of carbonyl (C=O) groups is 1. The summed E-state index contributed by atoms with van der Waals surface area (Å²) in [5.74, 6) is 0.709. The van der Waals surface area contributed by atoms with E-state index >= 15 is 0 Å². The number of aromatic nitrogens is 2. The van der Waals surface area contributed by atoms with Crippen molar-refractivity contribution in [1.29, 1.82) is 0 Å². The van der Waals surface area contributed by atoms with E-state index in [1.807, 2.05) is 39.0 Å². The molecule has 2 N–H and O–H groups in total. The van der Waals surface area contributed by atoms with E-state index in [9.17, 15) is 4.79 Å². The van der Waals surface area contributed by atoms with Crippen LogP contribution in [0.15, 0.2) is 35.1 Å². The summed E-state index contributed by atoms with van der Waals surface area (Å²) in [4.78, 5) is 20.2. The van der Waals surface area contributed by atoms with Crippen molar-refractivity contribution in [3.63, 3.8) is 0 Å². The fourth-order valence-corrected chi connectivity index (χ4v) is 2.09. The number of rotatable bonds is 5. The summed E-state index contributed by atoms with van der Waals surface area (Å²) in [5, 5.41) is 5.94. The van der Waals surface area contributed by atoms with Crippen molar-refractivity contribution in [3.8, 4) is 0 Å². The Bertz CT molecular complexity index is 656. The molecule has 0 aliphatic carbocycles. The first kappa shape index (κ1) is 16.4. The highest BCUT2D eigenvalue weighted by atomic mass is 79.9. The van der Waals surface area contributed by atoms with Crippen molar-refractivity contribution in [2.24, 2.45) is 5.92 Å². The summed E-state index contributed by atoms with van der Waals surface area (Å²) in [6, 6.07) is 5.91. The van der Waals surface area contributed by atoms with Gasteiger partial charge in [0.1, 0.15) is 0 Å². The summed E-state index contributed by atoms with van der Waals surface area (Å²) >= 11 is 3.49. The van der Waals surface area contributed by atoms with Gasteiger partial charge < -0.3 is 10.6 Å². The van der Waals surface area contributed by atoms with Crippen LogP contribution in [-0.2, 0) is 0 Å². The van der Waals surface area contributed by atoms with E-state index in [2.05, 4.69) is 36.5 Å². The van der Waals surface area contributed by atoms with Crippen LogP contribution in [0.2, 0.25) is 0 Å². The van der Waals surface area contributed by atoms with Crippen molar-refractivity contribution >= 4 is 33.5 Å². The Morgan fingerprint density at radius 2 is 1.95 bits per heavy atom. The Morgan fingerprint density at radius 3 is 2.55 bits per heavy atom. The normalized spacial score (nSPS) is 10.6. The molecule has 6 heteroatoms. The predicted octanol–water partition coefficient (Wildman–Crippen LogP) is 3.68. The molecule has 0 unspecified atom stereocenters. The number of anilines is 2. The van der Waals surface area contributed by atoms with Gasteiger partial charge in [-0.25, -0.2) is 9.97 Å². The van der Waals surface area contributed by atoms with Gasteiger partial charge in [0.2, 0.25) is 5.95 Å². The zero-order valence-corrected chi connectivity index (χ0v) is 14.4. The summed E-state index contributed by atoms with van der Waals surface area (Å²) in [6.07, 6.45) is 3.04. The van der Waals surface area contributed by atoms with Crippen LogP contribution >= 0.6 is 15.9 Å². The fraction of sp³-hybridized carbons (Fsp3) is 0.312. The highest BCUT2D eigenvalue weighted by Gasteiger charge is 2.08. The summed E-state index contributed by atoms with van der Waals surface area (Å²) < 4.78 is 1.02. The zero-order valence-electron chi connectivity index (χ0n) is 12.9. The van der Waals surface area contributed by atoms with Crippen LogP contribution in [0.4, 0.5) is 11.6 Å². The molecule has 0 bridgehead atoms. The van der Waals surface area contributed by atoms with Gasteiger partial charge in [-0.05, 0) is 30.5 Å². The fourth-order valence-electron chi connectivity index (χ4n) is 1.71. The Balaban J connectivity index is 2.02. The molecule has 116 valence electrons. The molecule has 22 heavy (non-hydrogen) atoms. The molecule has 0 aliphatic rings. The van der Waals surface area contributed by atoms with Crippen molar-refractivity contribution < 1.29 is 4.79 Å². The minimum atomic E-state index is -0.154. The molecule has 0 radical (unpaired) electrons. The van der Waals surface area contributed by atoms with Gasteiger partial charge in [-0.1, -0.05) is 35.8 Å². The van der Waals surface area contributed by atoms with Gasteiger partial charge in [-0.3, -0.25) is 4.79 Å². The largest absolute Gasteiger partial charge is 0.352 e. The third-order valence-corrected chi connectivity index (χ3v) is 3.87. The topological polar surface area (TPSA) is 66.9 Å². The number of nitrogens with zero attached hydrogens (tertiary/aromatic N) is 2. The molecule has 2 rings (SSSR count). The maximum atomic E-state index is 11.9. The lowest BCUT2D eigenvalue weighted by Gasteiger charge is -2.09. The Labute approximate surface area is 138 Å². The van der Waals surface area contributed by atoms with Gasteiger partial charge in [-0.15, -0.1) is 0 Å². The van der Waals surface area contributed by atoms with Gasteiger partial charge in [0.25, 0.3) is 5.91 Å². The highest BCUT2D eigenvalue weighted by Crippen LogP contribution is 2.22. The number of halogens is 1. The number of nitrogens with one attached hydrogen (secondary N) is 2. The number of amides is 1. The minimum absolute atomic E-state index is 0.154. The lowest BCUT2D eigenvalue weighted by atomic mass is 10.2. The van der Waals surface area contributed by atoms with Crippen LogP contribution in [-0.4, -0.2) is 22.4 Å². The standard InChI is InChI=1S/C16H19BrN4O/c1-10(2)7-18-15(22)12-8-19-16(20-9-12)21-13-5-4-11(3)14(17)6-13/h4-6,8-10H,7H2,1-3H3,(H,18,22)(H,19,20,21). The lowest BCUT2D eigenvalue weighted by molar-refractivity contribution is 0.0948. The van der Waals surface area contributed by atoms with Crippen LogP contribution in [0, 0.1) is 12.8 Å². The van der Waals surface area contributed by atoms with Gasteiger partial charge >= 0.3 is 0 Å². The molecule has 0 saturated heterocycles. The smallest absolute Gasteiger partial charge is 0.254 e. The molecule has 5 nitrogen and oxygen atoms in total. The van der Waals surface area contributed by atoms with Crippen LogP contribution < -0.4 is 10.6 Å². The number of aryl methyl sites for hydroxylation is 1. The van der Waals surface area contributed by atoms with Gasteiger partial charge in [0, 0.05) is 29.1 Å². The molecule has 1 heterocycles. The quantitative estimate of drug-likeness (QED) is 0.851. The van der Waals surface area contributed by atoms with E-state index in [1.54, 1.807) is 0 Å². The Hall–Kier alpha value is -1.95. The molecule has 0 saturated carbocycles. The Kier molecular flexibility index (Phi) is 5.49.